The Hall–Kier alpha value is -1.25. The van der Waals surface area contributed by atoms with Gasteiger partial charge in [-0.3, -0.25) is 0 Å². The number of furan rings is 1. The van der Waals surface area contributed by atoms with Gasteiger partial charge in [0.25, 0.3) is 0 Å². The average molecular weight is 264 g/mol. The maximum Gasteiger partial charge on any atom is 0.105 e. The molecule has 0 saturated carbocycles. The second-order valence-electron chi connectivity index (χ2n) is 4.52. The third-order valence-corrected chi connectivity index (χ3v) is 3.16. The van der Waals surface area contributed by atoms with E-state index >= 15 is 0 Å². The van der Waals surface area contributed by atoms with Crippen LogP contribution in [0.2, 0.25) is 5.02 Å². The summed E-state index contributed by atoms with van der Waals surface area (Å²) in [6, 6.07) is 12.4. The lowest BCUT2D eigenvalue weighted by Gasteiger charge is -2.12. The lowest BCUT2D eigenvalue weighted by Crippen LogP contribution is -2.29. The van der Waals surface area contributed by atoms with E-state index in [1.165, 1.54) is 5.56 Å². The fourth-order valence-electron chi connectivity index (χ4n) is 1.92. The first-order valence-corrected chi connectivity index (χ1v) is 6.62. The summed E-state index contributed by atoms with van der Waals surface area (Å²) < 4.78 is 5.33. The second-order valence-corrected chi connectivity index (χ2v) is 4.95. The van der Waals surface area contributed by atoms with Gasteiger partial charge in [-0.1, -0.05) is 23.7 Å². The molecule has 0 spiro atoms. The van der Waals surface area contributed by atoms with E-state index in [2.05, 4.69) is 24.4 Å². The highest BCUT2D eigenvalue weighted by atomic mass is 35.5. The smallest absolute Gasteiger partial charge is 0.105 e. The van der Waals surface area contributed by atoms with Crippen molar-refractivity contribution >= 4 is 11.6 Å². The largest absolute Gasteiger partial charge is 0.469 e. The quantitative estimate of drug-likeness (QED) is 0.860. The molecule has 0 bridgehead atoms. The molecule has 0 amide bonds. The van der Waals surface area contributed by atoms with Gasteiger partial charge in [0.2, 0.25) is 0 Å². The SMILES string of the molecule is CC(Cc1ccco1)NCCc1ccc(Cl)cc1. The van der Waals surface area contributed by atoms with Crippen molar-refractivity contribution in [1.29, 1.82) is 0 Å². The van der Waals surface area contributed by atoms with Gasteiger partial charge < -0.3 is 9.73 Å². The van der Waals surface area contributed by atoms with E-state index in [1.807, 2.05) is 24.3 Å². The first-order valence-electron chi connectivity index (χ1n) is 6.24. The van der Waals surface area contributed by atoms with Crippen molar-refractivity contribution < 1.29 is 4.42 Å². The van der Waals surface area contributed by atoms with Gasteiger partial charge in [-0.05, 0) is 49.7 Å². The van der Waals surface area contributed by atoms with Gasteiger partial charge in [0, 0.05) is 17.5 Å². The molecule has 2 nitrogen and oxygen atoms in total. The standard InChI is InChI=1S/C15H18ClNO/c1-12(11-15-3-2-10-18-15)17-9-8-13-4-6-14(16)7-5-13/h2-7,10,12,17H,8-9,11H2,1H3. The summed E-state index contributed by atoms with van der Waals surface area (Å²) in [5, 5.41) is 4.28. The highest BCUT2D eigenvalue weighted by molar-refractivity contribution is 6.30. The Morgan fingerprint density at radius 1 is 1.22 bits per heavy atom. The lowest BCUT2D eigenvalue weighted by atomic mass is 10.1. The molecule has 0 aliphatic rings. The third-order valence-electron chi connectivity index (χ3n) is 2.91. The van der Waals surface area contributed by atoms with Crippen LogP contribution in [-0.4, -0.2) is 12.6 Å². The first-order chi connectivity index (χ1) is 8.74. The number of benzene rings is 1. The van der Waals surface area contributed by atoms with Crippen LogP contribution in [0.15, 0.2) is 47.1 Å². The fraction of sp³-hybridized carbons (Fsp3) is 0.333. The van der Waals surface area contributed by atoms with Crippen molar-refractivity contribution in [3.8, 4) is 0 Å². The summed E-state index contributed by atoms with van der Waals surface area (Å²) >= 11 is 5.85. The molecule has 1 aromatic carbocycles. The molecule has 2 rings (SSSR count). The molecule has 2 aromatic rings. The van der Waals surface area contributed by atoms with Crippen LogP contribution in [0, 0.1) is 0 Å². The highest BCUT2D eigenvalue weighted by Gasteiger charge is 2.04. The molecule has 1 unspecified atom stereocenters. The number of halogens is 1. The fourth-order valence-corrected chi connectivity index (χ4v) is 2.04. The minimum Gasteiger partial charge on any atom is -0.469 e. The normalized spacial score (nSPS) is 12.6. The lowest BCUT2D eigenvalue weighted by molar-refractivity contribution is 0.458. The van der Waals surface area contributed by atoms with Crippen molar-refractivity contribution in [1.82, 2.24) is 5.32 Å². The molecule has 0 fully saturated rings. The van der Waals surface area contributed by atoms with Crippen LogP contribution in [0.3, 0.4) is 0 Å². The van der Waals surface area contributed by atoms with Crippen molar-refractivity contribution in [3.63, 3.8) is 0 Å². The zero-order valence-corrected chi connectivity index (χ0v) is 11.3. The molecular formula is C15H18ClNO. The maximum atomic E-state index is 5.85. The van der Waals surface area contributed by atoms with Crippen molar-refractivity contribution in [2.24, 2.45) is 0 Å². The maximum absolute atomic E-state index is 5.85. The van der Waals surface area contributed by atoms with Crippen LogP contribution < -0.4 is 5.32 Å². The van der Waals surface area contributed by atoms with E-state index in [4.69, 9.17) is 16.0 Å². The van der Waals surface area contributed by atoms with Gasteiger partial charge >= 0.3 is 0 Å². The molecule has 1 heterocycles. The van der Waals surface area contributed by atoms with Gasteiger partial charge in [-0.2, -0.15) is 0 Å². The van der Waals surface area contributed by atoms with E-state index in [-0.39, 0.29) is 0 Å². The average Bonchev–Trinajstić information content (AvgIpc) is 2.84. The van der Waals surface area contributed by atoms with E-state index < -0.39 is 0 Å². The van der Waals surface area contributed by atoms with Crippen LogP contribution in [0.5, 0.6) is 0 Å². The van der Waals surface area contributed by atoms with Crippen LogP contribution in [0.4, 0.5) is 0 Å². The number of hydrogen-bond donors (Lipinski definition) is 1. The predicted octanol–water partition coefficient (Wildman–Crippen LogP) is 3.70. The van der Waals surface area contributed by atoms with E-state index in [0.29, 0.717) is 6.04 Å². The predicted molar refractivity (Wildman–Crippen MR) is 75.0 cm³/mol. The van der Waals surface area contributed by atoms with Crippen LogP contribution in [-0.2, 0) is 12.8 Å². The summed E-state index contributed by atoms with van der Waals surface area (Å²) in [5.74, 6) is 1.03. The third kappa shape index (κ3) is 4.21. The Labute approximate surface area is 113 Å². The van der Waals surface area contributed by atoms with Crippen LogP contribution in [0.25, 0.3) is 0 Å². The Morgan fingerprint density at radius 2 is 2.00 bits per heavy atom. The number of rotatable bonds is 6. The Kier molecular flexibility index (Phi) is 4.85. The van der Waals surface area contributed by atoms with E-state index in [9.17, 15) is 0 Å². The number of nitrogens with one attached hydrogen (secondary N) is 1. The van der Waals surface area contributed by atoms with Gasteiger partial charge in [0.15, 0.2) is 0 Å². The summed E-state index contributed by atoms with van der Waals surface area (Å²) in [6.07, 6.45) is 3.66. The molecule has 0 radical (unpaired) electrons. The molecule has 1 atom stereocenters. The summed E-state index contributed by atoms with van der Waals surface area (Å²) in [6.45, 7) is 3.13. The summed E-state index contributed by atoms with van der Waals surface area (Å²) in [5.41, 5.74) is 1.30. The van der Waals surface area contributed by atoms with Crippen LogP contribution in [0.1, 0.15) is 18.2 Å². The Morgan fingerprint density at radius 3 is 2.67 bits per heavy atom. The first kappa shape index (κ1) is 13.2. The molecule has 18 heavy (non-hydrogen) atoms. The van der Waals surface area contributed by atoms with Gasteiger partial charge in [-0.25, -0.2) is 0 Å². The minimum atomic E-state index is 0.420. The second kappa shape index (κ2) is 6.62. The van der Waals surface area contributed by atoms with Crippen molar-refractivity contribution in [2.75, 3.05) is 6.54 Å². The van der Waals surface area contributed by atoms with Crippen molar-refractivity contribution in [2.45, 2.75) is 25.8 Å². The molecule has 1 aromatic heterocycles. The Balaban J connectivity index is 1.70. The van der Waals surface area contributed by atoms with Crippen molar-refractivity contribution in [3.05, 3.63) is 59.0 Å². The van der Waals surface area contributed by atoms with Gasteiger partial charge in [-0.15, -0.1) is 0 Å². The van der Waals surface area contributed by atoms with E-state index in [1.54, 1.807) is 6.26 Å². The molecular weight excluding hydrogens is 246 g/mol. The van der Waals surface area contributed by atoms with Gasteiger partial charge in [0.05, 0.1) is 6.26 Å². The minimum absolute atomic E-state index is 0.420. The molecule has 0 aliphatic carbocycles. The Bertz CT molecular complexity index is 450. The monoisotopic (exact) mass is 263 g/mol. The zero-order chi connectivity index (χ0) is 12.8. The molecule has 0 aliphatic heterocycles. The highest BCUT2D eigenvalue weighted by Crippen LogP contribution is 2.09. The molecule has 96 valence electrons. The topological polar surface area (TPSA) is 25.2 Å². The molecule has 0 saturated heterocycles. The summed E-state index contributed by atoms with van der Waals surface area (Å²) in [4.78, 5) is 0. The molecule has 1 N–H and O–H groups in total. The summed E-state index contributed by atoms with van der Waals surface area (Å²) in [7, 11) is 0. The van der Waals surface area contributed by atoms with Crippen LogP contribution >= 0.6 is 11.6 Å². The van der Waals surface area contributed by atoms with Gasteiger partial charge in [0.1, 0.15) is 5.76 Å². The van der Waals surface area contributed by atoms with E-state index in [0.717, 1.165) is 30.2 Å². The zero-order valence-electron chi connectivity index (χ0n) is 10.5. The molecule has 3 heteroatoms. The number of hydrogen-bond acceptors (Lipinski definition) is 2.